The molecule has 8 nitrogen and oxygen atoms in total. The van der Waals surface area contributed by atoms with Gasteiger partial charge in [-0.1, -0.05) is 6.07 Å². The van der Waals surface area contributed by atoms with Gasteiger partial charge in [0, 0.05) is 57.2 Å². The number of rotatable bonds is 10. The number of hydrogen-bond acceptors (Lipinski definition) is 4. The zero-order valence-corrected chi connectivity index (χ0v) is 18.0. The standard InChI is InChI=1S/C21H33N7O/c1-5-22-21(24-12-8-13-28-18(3)15-17(2)26-28)25-16-20(29)27(4)14-10-19-9-6-7-11-23-19/h6-7,9,11,15H,5,8,10,12-14,16H2,1-4H3,(H2,22,24,25). The van der Waals surface area contributed by atoms with Crippen LogP contribution < -0.4 is 10.6 Å². The van der Waals surface area contributed by atoms with Crippen molar-refractivity contribution in [2.75, 3.05) is 33.2 Å². The highest BCUT2D eigenvalue weighted by atomic mass is 16.2. The van der Waals surface area contributed by atoms with Gasteiger partial charge >= 0.3 is 0 Å². The van der Waals surface area contributed by atoms with E-state index in [9.17, 15) is 4.79 Å². The number of aromatic nitrogens is 3. The molecule has 0 aliphatic carbocycles. The molecule has 0 fully saturated rings. The Kier molecular flexibility index (Phi) is 9.14. The number of likely N-dealkylation sites (N-methyl/N-ethyl adjacent to an activating group) is 1. The lowest BCUT2D eigenvalue weighted by Gasteiger charge is -2.16. The number of nitrogens with zero attached hydrogens (tertiary/aromatic N) is 5. The predicted octanol–water partition coefficient (Wildman–Crippen LogP) is 1.54. The van der Waals surface area contributed by atoms with Crippen LogP contribution in [0.25, 0.3) is 0 Å². The molecule has 2 aromatic heterocycles. The quantitative estimate of drug-likeness (QED) is 0.359. The number of carbonyl (C=O) groups excluding carboxylic acids is 1. The Bertz CT molecular complexity index is 786. The van der Waals surface area contributed by atoms with E-state index in [1.807, 2.05) is 36.7 Å². The molecule has 0 aromatic carbocycles. The van der Waals surface area contributed by atoms with Crippen LogP contribution in [0.3, 0.4) is 0 Å². The second kappa shape index (κ2) is 11.8. The molecular formula is C21H33N7O. The third-order valence-corrected chi connectivity index (χ3v) is 4.51. The van der Waals surface area contributed by atoms with E-state index in [1.165, 1.54) is 5.69 Å². The average Bonchev–Trinajstić information content (AvgIpc) is 3.04. The van der Waals surface area contributed by atoms with E-state index in [0.29, 0.717) is 12.5 Å². The van der Waals surface area contributed by atoms with E-state index in [4.69, 9.17) is 0 Å². The van der Waals surface area contributed by atoms with Gasteiger partial charge in [-0.2, -0.15) is 5.10 Å². The topological polar surface area (TPSA) is 87.4 Å². The highest BCUT2D eigenvalue weighted by Crippen LogP contribution is 2.02. The summed E-state index contributed by atoms with van der Waals surface area (Å²) in [5, 5.41) is 10.9. The van der Waals surface area contributed by atoms with Gasteiger partial charge in [0.1, 0.15) is 6.54 Å². The van der Waals surface area contributed by atoms with Crippen LogP contribution >= 0.6 is 0 Å². The fourth-order valence-electron chi connectivity index (χ4n) is 2.90. The van der Waals surface area contributed by atoms with Crippen molar-refractivity contribution in [1.29, 1.82) is 0 Å². The SMILES string of the molecule is CCNC(=NCC(=O)N(C)CCc1ccccn1)NCCCn1nc(C)cc1C. The lowest BCUT2D eigenvalue weighted by Crippen LogP contribution is -2.39. The summed E-state index contributed by atoms with van der Waals surface area (Å²) < 4.78 is 2.02. The van der Waals surface area contributed by atoms with E-state index < -0.39 is 0 Å². The van der Waals surface area contributed by atoms with Crippen LogP contribution in [0.15, 0.2) is 35.5 Å². The fraction of sp³-hybridized carbons (Fsp3) is 0.524. The monoisotopic (exact) mass is 399 g/mol. The van der Waals surface area contributed by atoms with Gasteiger partial charge in [0.15, 0.2) is 5.96 Å². The molecule has 8 heteroatoms. The summed E-state index contributed by atoms with van der Waals surface area (Å²) >= 11 is 0. The van der Waals surface area contributed by atoms with Crippen molar-refractivity contribution in [1.82, 2.24) is 30.3 Å². The average molecular weight is 400 g/mol. The van der Waals surface area contributed by atoms with Gasteiger partial charge in [-0.3, -0.25) is 14.5 Å². The van der Waals surface area contributed by atoms with Crippen LogP contribution in [0.4, 0.5) is 0 Å². The van der Waals surface area contributed by atoms with Crippen LogP contribution in [0, 0.1) is 13.8 Å². The van der Waals surface area contributed by atoms with Crippen molar-refractivity contribution < 1.29 is 4.79 Å². The van der Waals surface area contributed by atoms with Crippen molar-refractivity contribution in [3.05, 3.63) is 47.5 Å². The van der Waals surface area contributed by atoms with Crippen molar-refractivity contribution in [2.24, 2.45) is 4.99 Å². The Morgan fingerprint density at radius 1 is 1.28 bits per heavy atom. The van der Waals surface area contributed by atoms with E-state index in [-0.39, 0.29) is 12.5 Å². The first-order valence-electron chi connectivity index (χ1n) is 10.2. The van der Waals surface area contributed by atoms with E-state index in [2.05, 4.69) is 38.7 Å². The third-order valence-electron chi connectivity index (χ3n) is 4.51. The molecule has 0 bridgehead atoms. The van der Waals surface area contributed by atoms with E-state index in [0.717, 1.165) is 43.9 Å². The zero-order chi connectivity index (χ0) is 21.1. The number of aliphatic imine (C=N–C) groups is 1. The molecule has 158 valence electrons. The van der Waals surface area contributed by atoms with Gasteiger partial charge < -0.3 is 15.5 Å². The first-order chi connectivity index (χ1) is 14.0. The smallest absolute Gasteiger partial charge is 0.244 e. The zero-order valence-electron chi connectivity index (χ0n) is 18.0. The number of pyridine rings is 1. The molecule has 0 aliphatic rings. The molecule has 0 saturated heterocycles. The number of amides is 1. The molecular weight excluding hydrogens is 366 g/mol. The minimum absolute atomic E-state index is 0.0132. The third kappa shape index (κ3) is 7.93. The normalized spacial score (nSPS) is 11.4. The number of hydrogen-bond donors (Lipinski definition) is 2. The highest BCUT2D eigenvalue weighted by molar-refractivity contribution is 5.84. The summed E-state index contributed by atoms with van der Waals surface area (Å²) in [6.45, 7) is 9.16. The summed E-state index contributed by atoms with van der Waals surface area (Å²) in [5.74, 6) is 0.646. The minimum Gasteiger partial charge on any atom is -0.357 e. The fourth-order valence-corrected chi connectivity index (χ4v) is 2.90. The molecule has 0 unspecified atom stereocenters. The van der Waals surface area contributed by atoms with Gasteiger partial charge in [-0.15, -0.1) is 0 Å². The number of nitrogens with one attached hydrogen (secondary N) is 2. The Balaban J connectivity index is 1.74. The Morgan fingerprint density at radius 2 is 2.10 bits per heavy atom. The second-order valence-electron chi connectivity index (χ2n) is 7.01. The maximum absolute atomic E-state index is 12.4. The van der Waals surface area contributed by atoms with E-state index in [1.54, 1.807) is 18.1 Å². The summed E-state index contributed by atoms with van der Waals surface area (Å²) in [4.78, 5) is 22.8. The molecule has 0 aliphatic heterocycles. The number of aryl methyl sites for hydroxylation is 3. The van der Waals surface area contributed by atoms with E-state index >= 15 is 0 Å². The van der Waals surface area contributed by atoms with Crippen molar-refractivity contribution in [2.45, 2.75) is 40.2 Å². The first-order valence-corrected chi connectivity index (χ1v) is 10.2. The van der Waals surface area contributed by atoms with Gasteiger partial charge in [0.05, 0.1) is 5.69 Å². The molecule has 0 spiro atoms. The number of carbonyl (C=O) groups is 1. The van der Waals surface area contributed by atoms with Crippen LogP contribution in [0.5, 0.6) is 0 Å². The lowest BCUT2D eigenvalue weighted by atomic mass is 10.2. The van der Waals surface area contributed by atoms with Crippen LogP contribution in [-0.2, 0) is 17.8 Å². The predicted molar refractivity (Wildman–Crippen MR) is 116 cm³/mol. The molecule has 2 N–H and O–H groups in total. The Morgan fingerprint density at radius 3 is 2.76 bits per heavy atom. The van der Waals surface area contributed by atoms with Crippen LogP contribution in [0.1, 0.15) is 30.4 Å². The maximum Gasteiger partial charge on any atom is 0.244 e. The molecule has 2 rings (SSSR count). The van der Waals surface area contributed by atoms with Gasteiger partial charge in [-0.25, -0.2) is 4.99 Å². The largest absolute Gasteiger partial charge is 0.357 e. The lowest BCUT2D eigenvalue weighted by molar-refractivity contribution is -0.128. The Labute approximate surface area is 173 Å². The summed E-state index contributed by atoms with van der Waals surface area (Å²) in [6, 6.07) is 7.89. The molecule has 2 heterocycles. The summed E-state index contributed by atoms with van der Waals surface area (Å²) in [6.07, 6.45) is 3.42. The maximum atomic E-state index is 12.4. The van der Waals surface area contributed by atoms with Crippen molar-refractivity contribution >= 4 is 11.9 Å². The molecule has 0 atom stereocenters. The number of guanidine groups is 1. The molecule has 29 heavy (non-hydrogen) atoms. The summed E-state index contributed by atoms with van der Waals surface area (Å²) in [5.41, 5.74) is 3.19. The van der Waals surface area contributed by atoms with Crippen LogP contribution in [-0.4, -0.2) is 64.8 Å². The highest BCUT2D eigenvalue weighted by Gasteiger charge is 2.09. The summed E-state index contributed by atoms with van der Waals surface area (Å²) in [7, 11) is 1.80. The van der Waals surface area contributed by atoms with Gasteiger partial charge in [-0.05, 0) is 45.4 Å². The molecule has 1 amide bonds. The molecule has 0 radical (unpaired) electrons. The first kappa shape index (κ1) is 22.4. The minimum atomic E-state index is -0.0132. The van der Waals surface area contributed by atoms with Gasteiger partial charge in [0.2, 0.25) is 5.91 Å². The Hall–Kier alpha value is -2.90. The van der Waals surface area contributed by atoms with Crippen molar-refractivity contribution in [3.63, 3.8) is 0 Å². The molecule has 2 aromatic rings. The second-order valence-corrected chi connectivity index (χ2v) is 7.01. The van der Waals surface area contributed by atoms with Gasteiger partial charge in [0.25, 0.3) is 0 Å². The van der Waals surface area contributed by atoms with Crippen molar-refractivity contribution in [3.8, 4) is 0 Å². The van der Waals surface area contributed by atoms with Crippen LogP contribution in [0.2, 0.25) is 0 Å². The molecule has 0 saturated carbocycles.